The Morgan fingerprint density at radius 1 is 0.500 bits per heavy atom. The molecule has 38 nitrogen and oxygen atoms in total. The largest absolute Gasteiger partial charge is 0.481 e. The number of hydrogen-bond donors (Lipinski definition) is 19. The molecule has 0 bridgehead atoms. The predicted octanol–water partition coefficient (Wildman–Crippen LogP) is -3.29. The maximum atomic E-state index is 14.6. The van der Waals surface area contributed by atoms with E-state index < -0.39 is 230 Å². The van der Waals surface area contributed by atoms with Gasteiger partial charge in [-0.2, -0.15) is 0 Å². The average molecular weight is 1470 g/mol. The smallest absolute Gasteiger partial charge is 0.328 e. The lowest BCUT2D eigenvalue weighted by atomic mass is 9.94. The Kier molecular flexibility index (Phi) is 37.0. The molecular formula is C66H105N17O21. The van der Waals surface area contributed by atoms with Gasteiger partial charge in [0.25, 0.3) is 0 Å². The molecule has 104 heavy (non-hydrogen) atoms. The summed E-state index contributed by atoms with van der Waals surface area (Å²) in [5.41, 5.74) is 6.96. The van der Waals surface area contributed by atoms with Crippen molar-refractivity contribution in [2.24, 2.45) is 35.3 Å². The van der Waals surface area contributed by atoms with Crippen molar-refractivity contribution >= 4 is 94.8 Å². The summed E-state index contributed by atoms with van der Waals surface area (Å²) in [5, 5.41) is 75.5. The van der Waals surface area contributed by atoms with Crippen LogP contribution in [0.1, 0.15) is 158 Å². The fourth-order valence-corrected chi connectivity index (χ4v) is 11.1. The molecule has 1 fully saturated rings. The Morgan fingerprint density at radius 3 is 1.34 bits per heavy atom. The first-order chi connectivity index (χ1) is 48.9. The van der Waals surface area contributed by atoms with Crippen LogP contribution in [-0.2, 0) is 89.6 Å². The maximum absolute atomic E-state index is 14.6. The Bertz CT molecular complexity index is 3260. The van der Waals surface area contributed by atoms with Gasteiger partial charge >= 0.3 is 23.9 Å². The summed E-state index contributed by atoms with van der Waals surface area (Å²) in [5.74, 6) is -20.0. The van der Waals surface area contributed by atoms with E-state index in [0.29, 0.717) is 11.4 Å². The fourth-order valence-electron chi connectivity index (χ4n) is 11.1. The van der Waals surface area contributed by atoms with Gasteiger partial charge in [0.15, 0.2) is 0 Å². The number of nitrogens with zero attached hydrogens (tertiary/aromatic N) is 3. The summed E-state index contributed by atoms with van der Waals surface area (Å²) >= 11 is 0. The van der Waals surface area contributed by atoms with E-state index in [1.165, 1.54) is 25.0 Å². The van der Waals surface area contributed by atoms with Gasteiger partial charge in [-0.1, -0.05) is 88.5 Å². The number of rotatable bonds is 47. The molecular weight excluding hydrogens is 1370 g/mol. The lowest BCUT2D eigenvalue weighted by molar-refractivity contribution is -0.147. The van der Waals surface area contributed by atoms with Crippen molar-refractivity contribution in [2.45, 2.75) is 232 Å². The minimum Gasteiger partial charge on any atom is -0.481 e. The van der Waals surface area contributed by atoms with Gasteiger partial charge < -0.3 is 105 Å². The molecule has 0 saturated carbocycles. The van der Waals surface area contributed by atoms with Crippen LogP contribution >= 0.6 is 0 Å². The predicted molar refractivity (Wildman–Crippen MR) is 368 cm³/mol. The number of aromatic amines is 2. The van der Waals surface area contributed by atoms with Crippen molar-refractivity contribution in [3.63, 3.8) is 0 Å². The molecule has 20 N–H and O–H groups in total. The number of hydrogen-bond acceptors (Lipinski definition) is 20. The molecule has 0 radical (unpaired) electrons. The lowest BCUT2D eigenvalue weighted by Gasteiger charge is -2.32. The molecule has 1 saturated heterocycles. The Hall–Kier alpha value is -10.1. The first kappa shape index (κ1) is 88.1. The summed E-state index contributed by atoms with van der Waals surface area (Å²) in [6, 6.07) is -18.2. The third-order valence-corrected chi connectivity index (χ3v) is 17.6. The molecule has 0 spiro atoms. The molecule has 15 atom stereocenters. The van der Waals surface area contributed by atoms with E-state index in [4.69, 9.17) is 5.73 Å². The van der Waals surface area contributed by atoms with Crippen LogP contribution in [0.2, 0.25) is 0 Å². The van der Waals surface area contributed by atoms with E-state index in [1.807, 2.05) is 5.32 Å². The van der Waals surface area contributed by atoms with E-state index in [-0.39, 0.29) is 76.2 Å². The number of nitrogens with two attached hydrogens (primary N) is 1. The summed E-state index contributed by atoms with van der Waals surface area (Å²) in [6.07, 6.45) is 2.72. The van der Waals surface area contributed by atoms with Crippen LogP contribution in [0, 0.1) is 29.6 Å². The molecule has 0 aliphatic carbocycles. The highest BCUT2D eigenvalue weighted by atomic mass is 16.4. The third kappa shape index (κ3) is 29.3. The number of likely N-dealkylation sites (tertiary alicyclic amines) is 1. The molecule has 2 aromatic rings. The van der Waals surface area contributed by atoms with Crippen molar-refractivity contribution in [1.82, 2.24) is 83.3 Å². The number of carboxylic acids is 4. The van der Waals surface area contributed by atoms with Gasteiger partial charge in [0.1, 0.15) is 66.5 Å². The zero-order valence-electron chi connectivity index (χ0n) is 60.3. The van der Waals surface area contributed by atoms with Crippen molar-refractivity contribution in [2.75, 3.05) is 19.7 Å². The molecule has 0 aromatic carbocycles. The van der Waals surface area contributed by atoms with E-state index in [2.05, 4.69) is 73.1 Å². The third-order valence-electron chi connectivity index (χ3n) is 17.6. The molecule has 3 rings (SSSR count). The molecule has 0 unspecified atom stereocenters. The van der Waals surface area contributed by atoms with Gasteiger partial charge in [-0.3, -0.25) is 71.9 Å². The first-order valence-corrected chi connectivity index (χ1v) is 34.7. The second-order valence-corrected chi connectivity index (χ2v) is 26.9. The molecule has 1 aliphatic heterocycles. The highest BCUT2D eigenvalue weighted by Crippen LogP contribution is 2.22. The number of amides is 12. The SMILES string of the molecule is CC[C@H](C)[C@H](NC(=O)[C@H](Cc1cnc[nH]1)NC(=O)[C@H](CC(C)C)NC(=O)CNC(=O)[C@@H](N)Cc1cnc[nH]1)C(=O)N[C@@H](CCC(=O)O)C(=O)N[C@H](C(=O)N[C@@H](CC(C)C)C(=O)N[C@H](C(=O)N[C@@H](CC(=O)O)C(=O)N1CCC[C@H]1C(=O)N[C@@H](CCC(=O)O)C(=O)N[C@@H](CO)C(=O)O)[C@@H](C)CC)[C@@H](C)CC. The number of nitrogens with one attached hydrogen (secondary N) is 13. The summed E-state index contributed by atoms with van der Waals surface area (Å²) in [6.45, 7) is 15.0. The first-order valence-electron chi connectivity index (χ1n) is 34.7. The summed E-state index contributed by atoms with van der Waals surface area (Å²) < 4.78 is 0. The number of aliphatic hydroxyl groups is 1. The number of carbonyl (C=O) groups is 16. The molecule has 1 aliphatic rings. The Labute approximate surface area is 601 Å². The number of aliphatic hydroxyl groups excluding tert-OH is 1. The standard InChI is InChI=1S/C66H105N17O21/c1-11-34(8)52(82-60(97)44(24-38-27-69-31-72-38)76-58(95)42(21-32(4)5)73-48(85)28-70-55(92)39(67)23-37-26-68-30-71-37)62(99)75-41(17-19-50(88)89)57(94)80-53(35(9)12-2)63(100)77-43(22-33(6)7)59(96)81-54(36(10)13-3)64(101)78-45(25-51(90)91)65(102)83-20-14-15-47(83)61(98)74-40(16-18-49(86)87)56(93)79-46(29-84)66(103)104/h26-27,30-36,39-47,52-54,84H,11-25,28-29,67H2,1-10H3,(H,68,71)(H,69,72)(H,70,92)(H,73,85)(H,74,98)(H,75,99)(H,76,95)(H,77,100)(H,78,101)(H,79,93)(H,80,94)(H,81,96)(H,82,97)(H,86,87)(H,88,89)(H,90,91)(H,103,104)/t34-,35-,36-,39-,40-,41-,42-,43-,44-,45-,46-,47-,52-,53-,54-/m0/s1. The second-order valence-electron chi connectivity index (χ2n) is 26.9. The van der Waals surface area contributed by atoms with Crippen LogP contribution in [0.15, 0.2) is 25.0 Å². The van der Waals surface area contributed by atoms with Gasteiger partial charge in [-0.05, 0) is 68.1 Å². The van der Waals surface area contributed by atoms with Crippen molar-refractivity contribution < 1.29 is 102 Å². The van der Waals surface area contributed by atoms with Crippen LogP contribution in [0.25, 0.3) is 0 Å². The van der Waals surface area contributed by atoms with Gasteiger partial charge in [0.2, 0.25) is 70.9 Å². The van der Waals surface area contributed by atoms with Crippen molar-refractivity contribution in [1.29, 1.82) is 0 Å². The zero-order valence-corrected chi connectivity index (χ0v) is 60.3. The van der Waals surface area contributed by atoms with E-state index >= 15 is 0 Å². The van der Waals surface area contributed by atoms with E-state index in [9.17, 15) is 102 Å². The van der Waals surface area contributed by atoms with Crippen molar-refractivity contribution in [3.8, 4) is 0 Å². The quantitative estimate of drug-likeness (QED) is 0.0309. The van der Waals surface area contributed by atoms with Crippen molar-refractivity contribution in [3.05, 3.63) is 36.4 Å². The Morgan fingerprint density at radius 2 is 0.904 bits per heavy atom. The number of H-pyrrole nitrogens is 2. The number of aliphatic carboxylic acids is 4. The Balaban J connectivity index is 1.90. The summed E-state index contributed by atoms with van der Waals surface area (Å²) in [4.78, 5) is 231. The topological polar surface area (TPSA) is 593 Å². The average Bonchev–Trinajstić information content (AvgIpc) is 1.52. The molecule has 580 valence electrons. The number of aromatic nitrogens is 4. The second kappa shape index (κ2) is 43.7. The minimum atomic E-state index is -1.89. The molecule has 3 heterocycles. The van der Waals surface area contributed by atoms with Crippen LogP contribution in [0.3, 0.4) is 0 Å². The number of carbonyl (C=O) groups excluding carboxylic acids is 12. The monoisotopic (exact) mass is 1470 g/mol. The van der Waals surface area contributed by atoms with Crippen LogP contribution in [-0.4, -0.2) is 237 Å². The molecule has 12 amide bonds. The molecule has 38 heteroatoms. The maximum Gasteiger partial charge on any atom is 0.328 e. The highest BCUT2D eigenvalue weighted by molar-refractivity contribution is 6.00. The lowest BCUT2D eigenvalue weighted by Crippen LogP contribution is -2.62. The van der Waals surface area contributed by atoms with Crippen LogP contribution in [0.4, 0.5) is 0 Å². The summed E-state index contributed by atoms with van der Waals surface area (Å²) in [7, 11) is 0. The molecule has 2 aromatic heterocycles. The zero-order chi connectivity index (χ0) is 78.2. The highest BCUT2D eigenvalue weighted by Gasteiger charge is 2.43. The van der Waals surface area contributed by atoms with E-state index in [0.717, 1.165) is 4.90 Å². The van der Waals surface area contributed by atoms with Crippen LogP contribution in [0.5, 0.6) is 0 Å². The van der Waals surface area contributed by atoms with Gasteiger partial charge in [0, 0.05) is 56.0 Å². The van der Waals surface area contributed by atoms with Gasteiger partial charge in [-0.15, -0.1) is 0 Å². The van der Waals surface area contributed by atoms with Crippen LogP contribution < -0.4 is 64.2 Å². The normalized spacial score (nSPS) is 16.8. The fraction of sp³-hybridized carbons (Fsp3) is 0.667. The van der Waals surface area contributed by atoms with Gasteiger partial charge in [-0.25, -0.2) is 14.8 Å². The minimum absolute atomic E-state index is 0.0588. The number of imidazole rings is 2. The van der Waals surface area contributed by atoms with E-state index in [1.54, 1.807) is 69.2 Å². The number of carboxylic acid groups (broad SMARTS) is 4. The van der Waals surface area contributed by atoms with Gasteiger partial charge in [0.05, 0.1) is 38.3 Å².